The minimum Gasteiger partial charge on any atom is -0.497 e. The molecule has 4 rings (SSSR count). The fourth-order valence-electron chi connectivity index (χ4n) is 3.75. The van der Waals surface area contributed by atoms with E-state index in [-0.39, 0.29) is 18.2 Å². The van der Waals surface area contributed by atoms with Crippen molar-refractivity contribution in [2.24, 2.45) is 0 Å². The van der Waals surface area contributed by atoms with Gasteiger partial charge in [0.1, 0.15) is 23.9 Å². The number of ether oxygens (including phenoxy) is 1. The highest BCUT2D eigenvalue weighted by atomic mass is 19.1. The Morgan fingerprint density at radius 3 is 2.36 bits per heavy atom. The van der Waals surface area contributed by atoms with Crippen LogP contribution in [0.5, 0.6) is 5.75 Å². The Balaban J connectivity index is 1.61. The van der Waals surface area contributed by atoms with E-state index in [4.69, 9.17) is 9.84 Å². The molecule has 8 heteroatoms. The third-order valence-corrected chi connectivity index (χ3v) is 5.63. The minimum absolute atomic E-state index is 0.186. The number of nitrogens with zero attached hydrogens (tertiary/aromatic N) is 3. The molecule has 1 aromatic heterocycles. The van der Waals surface area contributed by atoms with Crippen LogP contribution in [0.4, 0.5) is 10.2 Å². The first-order valence-electron chi connectivity index (χ1n) is 11.5. The van der Waals surface area contributed by atoms with Crippen LogP contribution >= 0.6 is 0 Å². The maximum Gasteiger partial charge on any atom is 0.254 e. The van der Waals surface area contributed by atoms with Crippen molar-refractivity contribution < 1.29 is 18.7 Å². The smallest absolute Gasteiger partial charge is 0.254 e. The van der Waals surface area contributed by atoms with E-state index in [1.54, 1.807) is 31.7 Å². The first-order chi connectivity index (χ1) is 17.4. The van der Waals surface area contributed by atoms with Gasteiger partial charge in [0.15, 0.2) is 0 Å². The summed E-state index contributed by atoms with van der Waals surface area (Å²) >= 11 is 0. The van der Waals surface area contributed by atoms with Crippen LogP contribution in [0.25, 0.3) is 16.9 Å². The van der Waals surface area contributed by atoms with Crippen LogP contribution in [0.3, 0.4) is 0 Å². The van der Waals surface area contributed by atoms with Crippen molar-refractivity contribution in [2.75, 3.05) is 19.0 Å². The summed E-state index contributed by atoms with van der Waals surface area (Å²) in [5, 5.41) is 7.60. The number of anilines is 1. The van der Waals surface area contributed by atoms with Crippen LogP contribution in [-0.2, 0) is 4.79 Å². The van der Waals surface area contributed by atoms with Gasteiger partial charge >= 0.3 is 0 Å². The molecule has 0 bridgehead atoms. The van der Waals surface area contributed by atoms with Gasteiger partial charge in [-0.1, -0.05) is 36.4 Å². The molecule has 0 saturated carbocycles. The van der Waals surface area contributed by atoms with E-state index in [0.29, 0.717) is 17.3 Å². The summed E-state index contributed by atoms with van der Waals surface area (Å²) in [6, 6.07) is 23.9. The maximum absolute atomic E-state index is 13.7. The molecule has 3 aromatic carbocycles. The molecule has 0 aliphatic rings. The predicted molar refractivity (Wildman–Crippen MR) is 137 cm³/mol. The Labute approximate surface area is 209 Å². The first-order valence-corrected chi connectivity index (χ1v) is 11.5. The Kier molecular flexibility index (Phi) is 7.44. The number of nitrogens with one attached hydrogen (secondary N) is 1. The Morgan fingerprint density at radius 1 is 1.00 bits per heavy atom. The number of carbonyl (C=O) groups is 2. The highest BCUT2D eigenvalue weighted by Gasteiger charge is 2.23. The molecule has 1 heterocycles. The Morgan fingerprint density at radius 2 is 1.72 bits per heavy atom. The number of aromatic nitrogens is 2. The van der Waals surface area contributed by atoms with Gasteiger partial charge < -0.3 is 15.0 Å². The zero-order valence-electron chi connectivity index (χ0n) is 20.3. The lowest BCUT2D eigenvalue weighted by Gasteiger charge is -2.26. The molecule has 0 aliphatic carbocycles. The van der Waals surface area contributed by atoms with Crippen molar-refractivity contribution in [3.8, 4) is 22.7 Å². The number of hydrogen-bond donors (Lipinski definition) is 1. The van der Waals surface area contributed by atoms with E-state index in [9.17, 15) is 14.0 Å². The summed E-state index contributed by atoms with van der Waals surface area (Å²) < 4.78 is 20.5. The van der Waals surface area contributed by atoms with Crippen molar-refractivity contribution in [1.82, 2.24) is 14.7 Å². The topological polar surface area (TPSA) is 76.5 Å². The lowest BCUT2D eigenvalue weighted by atomic mass is 10.1. The average Bonchev–Trinajstić information content (AvgIpc) is 3.31. The van der Waals surface area contributed by atoms with Gasteiger partial charge in [-0.3, -0.25) is 9.59 Å². The van der Waals surface area contributed by atoms with E-state index in [0.717, 1.165) is 11.3 Å². The summed E-state index contributed by atoms with van der Waals surface area (Å²) in [6.07, 6.45) is 0. The van der Waals surface area contributed by atoms with Gasteiger partial charge in [-0.05, 0) is 56.3 Å². The lowest BCUT2D eigenvalue weighted by Crippen LogP contribution is -2.42. The Hall–Kier alpha value is -4.46. The monoisotopic (exact) mass is 486 g/mol. The summed E-state index contributed by atoms with van der Waals surface area (Å²) in [5.41, 5.74) is 2.49. The second kappa shape index (κ2) is 10.9. The zero-order valence-corrected chi connectivity index (χ0v) is 20.3. The van der Waals surface area contributed by atoms with E-state index < -0.39 is 17.6 Å². The van der Waals surface area contributed by atoms with E-state index >= 15 is 0 Å². The highest BCUT2D eigenvalue weighted by molar-refractivity contribution is 5.99. The molecule has 184 valence electrons. The average molecular weight is 487 g/mol. The third kappa shape index (κ3) is 5.60. The van der Waals surface area contributed by atoms with Gasteiger partial charge in [-0.25, -0.2) is 9.07 Å². The van der Waals surface area contributed by atoms with Crippen molar-refractivity contribution in [2.45, 2.75) is 19.9 Å². The quantitative estimate of drug-likeness (QED) is 0.373. The molecule has 36 heavy (non-hydrogen) atoms. The molecule has 0 spiro atoms. The second-order valence-electron chi connectivity index (χ2n) is 8.48. The highest BCUT2D eigenvalue weighted by Crippen LogP contribution is 2.26. The van der Waals surface area contributed by atoms with E-state index in [2.05, 4.69) is 5.32 Å². The van der Waals surface area contributed by atoms with Crippen LogP contribution in [0, 0.1) is 5.82 Å². The predicted octanol–water partition coefficient (Wildman–Crippen LogP) is 5.18. The van der Waals surface area contributed by atoms with Gasteiger partial charge in [0.25, 0.3) is 5.91 Å². The summed E-state index contributed by atoms with van der Waals surface area (Å²) in [4.78, 5) is 27.5. The molecule has 7 nitrogen and oxygen atoms in total. The van der Waals surface area contributed by atoms with Gasteiger partial charge in [-0.2, -0.15) is 5.10 Å². The molecule has 0 aliphatic heterocycles. The van der Waals surface area contributed by atoms with Gasteiger partial charge in [0, 0.05) is 23.2 Å². The summed E-state index contributed by atoms with van der Waals surface area (Å²) in [7, 11) is 1.59. The molecule has 0 radical (unpaired) electrons. The van der Waals surface area contributed by atoms with Crippen LogP contribution in [-0.4, -0.2) is 46.2 Å². The number of rotatable bonds is 8. The fourth-order valence-corrected chi connectivity index (χ4v) is 3.75. The minimum atomic E-state index is -0.508. The van der Waals surface area contributed by atoms with E-state index in [1.165, 1.54) is 29.2 Å². The van der Waals surface area contributed by atoms with Gasteiger partial charge in [-0.15, -0.1) is 0 Å². The Bertz CT molecular complexity index is 1350. The van der Waals surface area contributed by atoms with Gasteiger partial charge in [0.2, 0.25) is 5.91 Å². The molecule has 4 aromatic rings. The molecule has 2 amide bonds. The molecule has 0 atom stereocenters. The lowest BCUT2D eigenvalue weighted by molar-refractivity contribution is -0.117. The number of amides is 2. The zero-order chi connectivity index (χ0) is 25.7. The number of carbonyl (C=O) groups excluding carboxylic acids is 2. The normalized spacial score (nSPS) is 10.8. The van der Waals surface area contributed by atoms with Crippen LogP contribution < -0.4 is 10.1 Å². The standard InChI is InChI=1S/C28H27FN4O3/c1-19(2)32(28(35)21-10-7-11-22(29)16-21)18-27(34)30-26-17-25(20-8-5-4-6-9-20)31-33(26)23-12-14-24(36-3)15-13-23/h4-17,19H,18H2,1-3H3,(H,30,34). The molecule has 0 fully saturated rings. The molecule has 0 unspecified atom stereocenters. The maximum atomic E-state index is 13.7. The number of halogens is 1. The molecule has 0 saturated heterocycles. The van der Waals surface area contributed by atoms with Crippen LogP contribution in [0.2, 0.25) is 0 Å². The van der Waals surface area contributed by atoms with Crippen LogP contribution in [0.1, 0.15) is 24.2 Å². The number of benzene rings is 3. The van der Waals surface area contributed by atoms with Crippen molar-refractivity contribution >= 4 is 17.6 Å². The largest absolute Gasteiger partial charge is 0.497 e. The van der Waals surface area contributed by atoms with Crippen molar-refractivity contribution in [1.29, 1.82) is 0 Å². The fraction of sp³-hybridized carbons (Fsp3) is 0.179. The first kappa shape index (κ1) is 24.7. The number of hydrogen-bond acceptors (Lipinski definition) is 4. The molecular formula is C28H27FN4O3. The van der Waals surface area contributed by atoms with E-state index in [1.807, 2.05) is 54.6 Å². The van der Waals surface area contributed by atoms with Gasteiger partial charge in [0.05, 0.1) is 18.5 Å². The van der Waals surface area contributed by atoms with Crippen LogP contribution in [0.15, 0.2) is 84.9 Å². The summed E-state index contributed by atoms with van der Waals surface area (Å²) in [6.45, 7) is 3.40. The third-order valence-electron chi connectivity index (χ3n) is 5.63. The summed E-state index contributed by atoms with van der Waals surface area (Å²) in [5.74, 6) is -0.184. The SMILES string of the molecule is COc1ccc(-n2nc(-c3ccccc3)cc2NC(=O)CN(C(=O)c2cccc(F)c2)C(C)C)cc1. The molecular weight excluding hydrogens is 459 g/mol. The van der Waals surface area contributed by atoms with Crippen molar-refractivity contribution in [3.05, 3.63) is 96.3 Å². The van der Waals surface area contributed by atoms with Crippen molar-refractivity contribution in [3.63, 3.8) is 0 Å². The second-order valence-corrected chi connectivity index (χ2v) is 8.48. The number of methoxy groups -OCH3 is 1. The molecule has 1 N–H and O–H groups in total.